The number of amides is 2. The van der Waals surface area contributed by atoms with E-state index in [0.29, 0.717) is 17.9 Å². The van der Waals surface area contributed by atoms with Gasteiger partial charge in [-0.15, -0.1) is 5.10 Å². The lowest BCUT2D eigenvalue weighted by Crippen LogP contribution is -2.29. The topological polar surface area (TPSA) is 74.1 Å². The van der Waals surface area contributed by atoms with Crippen molar-refractivity contribution in [3.63, 3.8) is 0 Å². The quantitative estimate of drug-likeness (QED) is 0.523. The van der Waals surface area contributed by atoms with Crippen molar-refractivity contribution in [2.24, 2.45) is 10.2 Å². The first-order valence-corrected chi connectivity index (χ1v) is 9.56. The van der Waals surface area contributed by atoms with Crippen LogP contribution in [-0.2, 0) is 16.1 Å². The highest BCUT2D eigenvalue weighted by Gasteiger charge is 2.33. The zero-order chi connectivity index (χ0) is 20.9. The van der Waals surface area contributed by atoms with Crippen LogP contribution in [-0.4, -0.2) is 23.7 Å². The number of nitrogens with one attached hydrogen (secondary N) is 1. The van der Waals surface area contributed by atoms with E-state index in [4.69, 9.17) is 0 Å². The summed E-state index contributed by atoms with van der Waals surface area (Å²) < 4.78 is 0. The maximum Gasteiger partial charge on any atom is 0.279 e. The van der Waals surface area contributed by atoms with Crippen molar-refractivity contribution in [3.8, 4) is 0 Å². The van der Waals surface area contributed by atoms with E-state index in [1.165, 1.54) is 6.92 Å². The van der Waals surface area contributed by atoms with Crippen LogP contribution in [0.5, 0.6) is 0 Å². The maximum absolute atomic E-state index is 13.0. The van der Waals surface area contributed by atoms with E-state index in [0.717, 1.165) is 22.4 Å². The van der Waals surface area contributed by atoms with Gasteiger partial charge in [-0.2, -0.15) is 5.10 Å². The monoisotopic (exact) mass is 396 g/mol. The summed E-state index contributed by atoms with van der Waals surface area (Å²) in [5, 5.41) is 11.1. The predicted molar refractivity (Wildman–Crippen MR) is 119 cm³/mol. The number of nitrogens with zero attached hydrogens (tertiary/aromatic N) is 3. The summed E-state index contributed by atoms with van der Waals surface area (Å²) in [4.78, 5) is 25.9. The third-order valence-corrected chi connectivity index (χ3v) is 4.68. The van der Waals surface area contributed by atoms with Crippen LogP contribution >= 0.6 is 0 Å². The maximum atomic E-state index is 13.0. The van der Waals surface area contributed by atoms with Crippen molar-refractivity contribution in [3.05, 3.63) is 95.6 Å². The zero-order valence-electron chi connectivity index (χ0n) is 16.4. The Balaban J connectivity index is 1.56. The van der Waals surface area contributed by atoms with Crippen molar-refractivity contribution < 1.29 is 9.59 Å². The van der Waals surface area contributed by atoms with Gasteiger partial charge in [0.15, 0.2) is 5.71 Å². The normalized spacial score (nSPS) is 14.4. The first-order valence-electron chi connectivity index (χ1n) is 9.56. The SMILES string of the molecule is CC(=O)Nc1ccc(/C=N\N=C2/C(=O)N(Cc3ccccc3)c3ccccc32)cc1. The molecule has 6 heteroatoms. The molecule has 0 radical (unpaired) electrons. The number of carbonyl (C=O) groups excluding carboxylic acids is 2. The molecule has 2 amide bonds. The molecular weight excluding hydrogens is 376 g/mol. The smallest absolute Gasteiger partial charge is 0.279 e. The van der Waals surface area contributed by atoms with Crippen LogP contribution < -0.4 is 10.2 Å². The van der Waals surface area contributed by atoms with Crippen molar-refractivity contribution in [2.45, 2.75) is 13.5 Å². The number of hydrogen-bond donors (Lipinski definition) is 1. The summed E-state index contributed by atoms with van der Waals surface area (Å²) in [5.41, 5.74) is 4.50. The van der Waals surface area contributed by atoms with Crippen LogP contribution in [0.25, 0.3) is 0 Å². The molecule has 6 nitrogen and oxygen atoms in total. The molecule has 0 saturated heterocycles. The van der Waals surface area contributed by atoms with Crippen molar-refractivity contribution in [1.82, 2.24) is 0 Å². The van der Waals surface area contributed by atoms with E-state index in [2.05, 4.69) is 15.5 Å². The van der Waals surface area contributed by atoms with Crippen molar-refractivity contribution in [2.75, 3.05) is 10.2 Å². The summed E-state index contributed by atoms with van der Waals surface area (Å²) >= 11 is 0. The molecule has 3 aromatic carbocycles. The fraction of sp³-hybridized carbons (Fsp3) is 0.0833. The molecule has 0 aliphatic carbocycles. The first kappa shape index (κ1) is 19.3. The molecule has 3 aromatic rings. The number of hydrogen-bond acceptors (Lipinski definition) is 4. The van der Waals surface area contributed by atoms with Gasteiger partial charge in [0.25, 0.3) is 5.91 Å². The lowest BCUT2D eigenvalue weighted by Gasteiger charge is -2.16. The average molecular weight is 396 g/mol. The highest BCUT2D eigenvalue weighted by Crippen LogP contribution is 2.30. The molecule has 0 bridgehead atoms. The summed E-state index contributed by atoms with van der Waals surface area (Å²) in [6.45, 7) is 1.94. The second-order valence-electron chi connectivity index (χ2n) is 6.89. The van der Waals surface area contributed by atoms with Crippen molar-refractivity contribution in [1.29, 1.82) is 0 Å². The number of benzene rings is 3. The van der Waals surface area contributed by atoms with Crippen molar-refractivity contribution >= 4 is 35.1 Å². The van der Waals surface area contributed by atoms with Gasteiger partial charge in [-0.3, -0.25) is 9.59 Å². The molecule has 0 unspecified atom stereocenters. The number of anilines is 2. The third kappa shape index (κ3) is 4.17. The molecule has 0 spiro atoms. The van der Waals surface area contributed by atoms with Crippen LogP contribution in [0, 0.1) is 0 Å². The van der Waals surface area contributed by atoms with Gasteiger partial charge in [-0.1, -0.05) is 60.7 Å². The van der Waals surface area contributed by atoms with Gasteiger partial charge in [0.1, 0.15) is 0 Å². The molecular formula is C24H20N4O2. The van der Waals surface area contributed by atoms with E-state index >= 15 is 0 Å². The molecule has 1 N–H and O–H groups in total. The molecule has 30 heavy (non-hydrogen) atoms. The van der Waals surface area contributed by atoms with Crippen LogP contribution in [0.4, 0.5) is 11.4 Å². The van der Waals surface area contributed by atoms with E-state index < -0.39 is 0 Å². The van der Waals surface area contributed by atoms with Gasteiger partial charge in [0, 0.05) is 18.2 Å². The lowest BCUT2D eigenvalue weighted by atomic mass is 10.1. The van der Waals surface area contributed by atoms with Gasteiger partial charge in [-0.25, -0.2) is 0 Å². The zero-order valence-corrected chi connectivity index (χ0v) is 16.4. The minimum absolute atomic E-state index is 0.124. The Morgan fingerprint density at radius 3 is 2.40 bits per heavy atom. The molecule has 4 rings (SSSR count). The number of fused-ring (bicyclic) bond motifs is 1. The second kappa shape index (κ2) is 8.53. The van der Waals surface area contributed by atoms with E-state index in [-0.39, 0.29) is 11.8 Å². The summed E-state index contributed by atoms with van der Waals surface area (Å²) in [6, 6.07) is 24.7. The number of rotatable bonds is 5. The highest BCUT2D eigenvalue weighted by molar-refractivity contribution is 6.54. The minimum atomic E-state index is -0.168. The van der Waals surface area contributed by atoms with Crippen LogP contribution in [0.2, 0.25) is 0 Å². The Morgan fingerprint density at radius 1 is 0.967 bits per heavy atom. The van der Waals surface area contributed by atoms with Gasteiger partial charge in [0.05, 0.1) is 18.4 Å². The van der Waals surface area contributed by atoms with Crippen LogP contribution in [0.3, 0.4) is 0 Å². The average Bonchev–Trinajstić information content (AvgIpc) is 3.01. The number of carbonyl (C=O) groups is 2. The Hall–Kier alpha value is -4.06. The highest BCUT2D eigenvalue weighted by atomic mass is 16.2. The summed E-state index contributed by atoms with van der Waals surface area (Å²) in [7, 11) is 0. The van der Waals surface area contributed by atoms with Gasteiger partial charge < -0.3 is 10.2 Å². The fourth-order valence-electron chi connectivity index (χ4n) is 3.29. The Kier molecular flexibility index (Phi) is 5.48. The van der Waals surface area contributed by atoms with Gasteiger partial charge in [0.2, 0.25) is 5.91 Å². The van der Waals surface area contributed by atoms with Crippen LogP contribution in [0.15, 0.2) is 89.1 Å². The second-order valence-corrected chi connectivity index (χ2v) is 6.89. The Labute approximate surface area is 174 Å². The predicted octanol–water partition coefficient (Wildman–Crippen LogP) is 4.02. The summed E-state index contributed by atoms with van der Waals surface area (Å²) in [5.74, 6) is -0.292. The molecule has 0 aromatic heterocycles. The molecule has 1 aliphatic heterocycles. The molecule has 0 saturated carbocycles. The molecule has 148 valence electrons. The Morgan fingerprint density at radius 2 is 1.67 bits per heavy atom. The molecule has 0 fully saturated rings. The van der Waals surface area contributed by atoms with Crippen LogP contribution in [0.1, 0.15) is 23.6 Å². The van der Waals surface area contributed by atoms with E-state index in [1.807, 2.05) is 66.7 Å². The lowest BCUT2D eigenvalue weighted by molar-refractivity contribution is -0.114. The summed E-state index contributed by atoms with van der Waals surface area (Å²) in [6.07, 6.45) is 1.58. The van der Waals surface area contributed by atoms with Gasteiger partial charge in [-0.05, 0) is 29.3 Å². The number of para-hydroxylation sites is 1. The van der Waals surface area contributed by atoms with Gasteiger partial charge >= 0.3 is 0 Å². The van der Waals surface area contributed by atoms with E-state index in [1.54, 1.807) is 23.2 Å². The third-order valence-electron chi connectivity index (χ3n) is 4.68. The minimum Gasteiger partial charge on any atom is -0.326 e. The van der Waals surface area contributed by atoms with E-state index in [9.17, 15) is 9.59 Å². The standard InChI is InChI=1S/C24H20N4O2/c1-17(29)26-20-13-11-18(12-14-20)15-25-27-23-21-9-5-6-10-22(21)28(24(23)30)16-19-7-3-2-4-8-19/h2-15H,16H2,1H3,(H,26,29)/b25-15-,27-23-. The largest absolute Gasteiger partial charge is 0.326 e. The first-order chi connectivity index (χ1) is 14.6. The Bertz CT molecular complexity index is 1140. The molecule has 0 atom stereocenters. The fourth-order valence-corrected chi connectivity index (χ4v) is 3.29. The molecule has 1 aliphatic rings. The molecule has 1 heterocycles.